The first-order valence-electron chi connectivity index (χ1n) is 7.94. The van der Waals surface area contributed by atoms with Crippen molar-refractivity contribution in [1.29, 1.82) is 0 Å². The Kier molecular flexibility index (Phi) is 5.88. The summed E-state index contributed by atoms with van der Waals surface area (Å²) >= 11 is 0. The summed E-state index contributed by atoms with van der Waals surface area (Å²) in [5.74, 6) is 1.82. The molecule has 0 fully saturated rings. The van der Waals surface area contributed by atoms with Crippen LogP contribution in [-0.4, -0.2) is 38.8 Å². The van der Waals surface area contributed by atoms with E-state index in [0.29, 0.717) is 6.04 Å². The second kappa shape index (κ2) is 7.66. The molecule has 0 aliphatic carbocycles. The molecule has 1 heterocycles. The van der Waals surface area contributed by atoms with E-state index in [0.717, 1.165) is 37.7 Å². The number of hydrogen-bond donors (Lipinski definition) is 1. The minimum absolute atomic E-state index is 0.384. The van der Waals surface area contributed by atoms with Crippen LogP contribution in [0.4, 0.5) is 0 Å². The third kappa shape index (κ3) is 3.50. The number of methoxy groups -OCH3 is 2. The topological polar surface area (TPSA) is 33.7 Å². The van der Waals surface area contributed by atoms with E-state index in [9.17, 15) is 0 Å². The Morgan fingerprint density at radius 1 is 1.14 bits per heavy atom. The SMILES string of the molecule is CCCN(CCC)[C@H]1CNCc2cc(OC)cc(OC)c21. The summed E-state index contributed by atoms with van der Waals surface area (Å²) in [7, 11) is 3.45. The molecule has 2 rings (SSSR count). The third-order valence-electron chi connectivity index (χ3n) is 4.11. The molecule has 1 aliphatic heterocycles. The number of nitrogens with one attached hydrogen (secondary N) is 1. The van der Waals surface area contributed by atoms with Gasteiger partial charge in [0.2, 0.25) is 0 Å². The van der Waals surface area contributed by atoms with Gasteiger partial charge in [-0.3, -0.25) is 4.90 Å². The van der Waals surface area contributed by atoms with Gasteiger partial charge in [-0.25, -0.2) is 0 Å². The Morgan fingerprint density at radius 2 is 1.86 bits per heavy atom. The average Bonchev–Trinajstić information content (AvgIpc) is 2.52. The van der Waals surface area contributed by atoms with Crippen molar-refractivity contribution in [2.24, 2.45) is 0 Å². The van der Waals surface area contributed by atoms with Gasteiger partial charge in [0, 0.05) is 24.7 Å². The zero-order valence-electron chi connectivity index (χ0n) is 13.7. The molecule has 1 N–H and O–H groups in total. The van der Waals surface area contributed by atoms with Gasteiger partial charge in [0.05, 0.1) is 20.3 Å². The van der Waals surface area contributed by atoms with E-state index in [2.05, 4.69) is 30.1 Å². The molecule has 0 amide bonds. The van der Waals surface area contributed by atoms with Gasteiger partial charge < -0.3 is 14.8 Å². The van der Waals surface area contributed by atoms with Gasteiger partial charge in [-0.15, -0.1) is 0 Å². The van der Waals surface area contributed by atoms with E-state index >= 15 is 0 Å². The molecule has 0 saturated carbocycles. The predicted molar refractivity (Wildman–Crippen MR) is 86.1 cm³/mol. The lowest BCUT2D eigenvalue weighted by Gasteiger charge is -2.37. The van der Waals surface area contributed by atoms with Crippen molar-refractivity contribution in [3.8, 4) is 11.5 Å². The molecular weight excluding hydrogens is 264 g/mol. The van der Waals surface area contributed by atoms with E-state index < -0.39 is 0 Å². The van der Waals surface area contributed by atoms with Crippen LogP contribution < -0.4 is 14.8 Å². The lowest BCUT2D eigenvalue weighted by atomic mass is 9.93. The largest absolute Gasteiger partial charge is 0.497 e. The number of benzene rings is 1. The van der Waals surface area contributed by atoms with Crippen LogP contribution in [0.15, 0.2) is 12.1 Å². The quantitative estimate of drug-likeness (QED) is 0.838. The standard InChI is InChI=1S/C17H28N2O2/c1-5-7-19(8-6-2)15-12-18-11-13-9-14(20-3)10-16(21-4)17(13)15/h9-10,15,18H,5-8,11-12H2,1-4H3/t15-/m0/s1. The number of ether oxygens (including phenoxy) is 2. The Bertz CT molecular complexity index is 439. The maximum Gasteiger partial charge on any atom is 0.127 e. The van der Waals surface area contributed by atoms with Crippen molar-refractivity contribution in [1.82, 2.24) is 10.2 Å². The Balaban J connectivity index is 2.40. The van der Waals surface area contributed by atoms with Crippen LogP contribution in [0.25, 0.3) is 0 Å². The van der Waals surface area contributed by atoms with Gasteiger partial charge >= 0.3 is 0 Å². The molecule has 0 saturated heterocycles. The monoisotopic (exact) mass is 292 g/mol. The van der Waals surface area contributed by atoms with Crippen LogP contribution in [0.3, 0.4) is 0 Å². The second-order valence-corrected chi connectivity index (χ2v) is 5.59. The van der Waals surface area contributed by atoms with E-state index in [-0.39, 0.29) is 0 Å². The molecule has 4 heteroatoms. The molecule has 4 nitrogen and oxygen atoms in total. The molecule has 1 atom stereocenters. The van der Waals surface area contributed by atoms with E-state index in [1.54, 1.807) is 14.2 Å². The Morgan fingerprint density at radius 3 is 2.43 bits per heavy atom. The first kappa shape index (κ1) is 16.1. The molecule has 0 radical (unpaired) electrons. The van der Waals surface area contributed by atoms with Gasteiger partial charge in [0.15, 0.2) is 0 Å². The van der Waals surface area contributed by atoms with E-state index in [4.69, 9.17) is 9.47 Å². The normalized spacial score (nSPS) is 17.7. The van der Waals surface area contributed by atoms with Crippen LogP contribution in [0.2, 0.25) is 0 Å². The molecule has 1 aliphatic rings. The molecule has 21 heavy (non-hydrogen) atoms. The van der Waals surface area contributed by atoms with Crippen molar-refractivity contribution in [2.75, 3.05) is 33.9 Å². The lowest BCUT2D eigenvalue weighted by Crippen LogP contribution is -2.40. The minimum atomic E-state index is 0.384. The van der Waals surface area contributed by atoms with Gasteiger partial charge in [0.1, 0.15) is 11.5 Å². The smallest absolute Gasteiger partial charge is 0.127 e. The fourth-order valence-electron chi connectivity index (χ4n) is 3.22. The van der Waals surface area contributed by atoms with Gasteiger partial charge in [-0.2, -0.15) is 0 Å². The van der Waals surface area contributed by atoms with Gasteiger partial charge in [-0.1, -0.05) is 13.8 Å². The average molecular weight is 292 g/mol. The number of fused-ring (bicyclic) bond motifs is 1. The summed E-state index contributed by atoms with van der Waals surface area (Å²) in [6.07, 6.45) is 2.34. The lowest BCUT2D eigenvalue weighted by molar-refractivity contribution is 0.181. The van der Waals surface area contributed by atoms with Crippen molar-refractivity contribution in [2.45, 2.75) is 39.3 Å². The highest BCUT2D eigenvalue weighted by molar-refractivity contribution is 5.49. The molecule has 118 valence electrons. The van der Waals surface area contributed by atoms with Crippen LogP contribution >= 0.6 is 0 Å². The predicted octanol–water partition coefficient (Wildman–Crippen LogP) is 2.97. The molecule has 0 bridgehead atoms. The Hall–Kier alpha value is -1.26. The first-order valence-corrected chi connectivity index (χ1v) is 7.94. The summed E-state index contributed by atoms with van der Waals surface area (Å²) in [4.78, 5) is 2.57. The zero-order valence-corrected chi connectivity index (χ0v) is 13.7. The number of hydrogen-bond acceptors (Lipinski definition) is 4. The van der Waals surface area contributed by atoms with Crippen molar-refractivity contribution < 1.29 is 9.47 Å². The number of rotatable bonds is 7. The van der Waals surface area contributed by atoms with Crippen LogP contribution in [0.1, 0.15) is 43.9 Å². The first-order chi connectivity index (χ1) is 10.2. The number of nitrogens with zero attached hydrogens (tertiary/aromatic N) is 1. The highest BCUT2D eigenvalue weighted by atomic mass is 16.5. The molecular formula is C17H28N2O2. The van der Waals surface area contributed by atoms with Crippen LogP contribution in [0.5, 0.6) is 11.5 Å². The maximum atomic E-state index is 5.66. The van der Waals surface area contributed by atoms with E-state index in [1.165, 1.54) is 24.0 Å². The zero-order chi connectivity index (χ0) is 15.2. The van der Waals surface area contributed by atoms with Crippen molar-refractivity contribution in [3.63, 3.8) is 0 Å². The summed E-state index contributed by atoms with van der Waals surface area (Å²) < 4.78 is 11.0. The minimum Gasteiger partial charge on any atom is -0.497 e. The highest BCUT2D eigenvalue weighted by Gasteiger charge is 2.28. The molecule has 1 aromatic carbocycles. The molecule has 0 spiro atoms. The fourth-order valence-corrected chi connectivity index (χ4v) is 3.22. The van der Waals surface area contributed by atoms with Crippen LogP contribution in [0, 0.1) is 0 Å². The molecule has 0 aromatic heterocycles. The summed E-state index contributed by atoms with van der Waals surface area (Å²) in [5.41, 5.74) is 2.62. The molecule has 0 unspecified atom stereocenters. The van der Waals surface area contributed by atoms with E-state index in [1.807, 2.05) is 6.07 Å². The van der Waals surface area contributed by atoms with Crippen molar-refractivity contribution >= 4 is 0 Å². The highest BCUT2D eigenvalue weighted by Crippen LogP contribution is 2.38. The maximum absolute atomic E-state index is 5.66. The summed E-state index contributed by atoms with van der Waals surface area (Å²) in [5, 5.41) is 3.54. The second-order valence-electron chi connectivity index (χ2n) is 5.59. The third-order valence-corrected chi connectivity index (χ3v) is 4.11. The Labute approximate surface area is 128 Å². The summed E-state index contributed by atoms with van der Waals surface area (Å²) in [6, 6.07) is 4.52. The van der Waals surface area contributed by atoms with Gasteiger partial charge in [-0.05, 0) is 37.6 Å². The molecule has 1 aromatic rings. The van der Waals surface area contributed by atoms with Crippen molar-refractivity contribution in [3.05, 3.63) is 23.3 Å². The van der Waals surface area contributed by atoms with Gasteiger partial charge in [0.25, 0.3) is 0 Å². The fraction of sp³-hybridized carbons (Fsp3) is 0.647. The van der Waals surface area contributed by atoms with Crippen LogP contribution in [-0.2, 0) is 6.54 Å². The summed E-state index contributed by atoms with van der Waals surface area (Å²) in [6.45, 7) is 8.58.